The third kappa shape index (κ3) is 5.51. The van der Waals surface area contributed by atoms with Crippen LogP contribution in [-0.4, -0.2) is 92.7 Å². The van der Waals surface area contributed by atoms with Crippen molar-refractivity contribution in [2.75, 3.05) is 51.8 Å². The summed E-state index contributed by atoms with van der Waals surface area (Å²) in [7, 11) is 1.76. The van der Waals surface area contributed by atoms with E-state index in [2.05, 4.69) is 69.9 Å². The van der Waals surface area contributed by atoms with Gasteiger partial charge in [-0.15, -0.1) is 0 Å². The summed E-state index contributed by atoms with van der Waals surface area (Å²) in [5, 5.41) is 13.7. The topological polar surface area (TPSA) is 90.0 Å². The Hall–Kier alpha value is -1.74. The summed E-state index contributed by atoms with van der Waals surface area (Å²) in [6.07, 6.45) is 13.8. The van der Waals surface area contributed by atoms with Crippen LogP contribution in [0.25, 0.3) is 5.57 Å². The van der Waals surface area contributed by atoms with Crippen molar-refractivity contribution in [2.45, 2.75) is 104 Å². The van der Waals surface area contributed by atoms with Crippen molar-refractivity contribution in [1.29, 1.82) is 0 Å². The van der Waals surface area contributed by atoms with E-state index in [1.807, 2.05) is 12.1 Å². The van der Waals surface area contributed by atoms with Crippen LogP contribution < -0.4 is 5.32 Å². The fourth-order valence-electron chi connectivity index (χ4n) is 13.8. The fourth-order valence-corrected chi connectivity index (χ4v) is 15.0. The molecule has 7 nitrogen and oxygen atoms in total. The first-order valence-corrected chi connectivity index (χ1v) is 21.2. The molecule has 0 unspecified atom stereocenters. The van der Waals surface area contributed by atoms with Crippen molar-refractivity contribution in [2.24, 2.45) is 45.3 Å². The first-order valence-electron chi connectivity index (χ1n) is 19.4. The summed E-state index contributed by atoms with van der Waals surface area (Å²) in [4.78, 5) is 16.4. The smallest absolute Gasteiger partial charge is 0.335 e. The molecule has 49 heavy (non-hydrogen) atoms. The van der Waals surface area contributed by atoms with Gasteiger partial charge in [0, 0.05) is 37.8 Å². The minimum absolute atomic E-state index is 0.0163. The van der Waals surface area contributed by atoms with Gasteiger partial charge in [-0.1, -0.05) is 52.8 Å². The monoisotopic (exact) mass is 693 g/mol. The lowest BCUT2D eigenvalue weighted by Crippen LogP contribution is -2.69. The van der Waals surface area contributed by atoms with Gasteiger partial charge < -0.3 is 20.2 Å². The number of carboxylic acid groups (broad SMARTS) is 1. The maximum Gasteiger partial charge on any atom is 0.335 e. The van der Waals surface area contributed by atoms with E-state index < -0.39 is 15.8 Å². The van der Waals surface area contributed by atoms with Crippen LogP contribution in [0.15, 0.2) is 30.3 Å². The Labute approximate surface area is 296 Å². The van der Waals surface area contributed by atoms with Gasteiger partial charge in [-0.3, -0.25) is 0 Å². The summed E-state index contributed by atoms with van der Waals surface area (Å²) in [6.45, 7) is 16.2. The molecule has 1 aromatic rings. The molecule has 0 spiro atoms. The maximum absolute atomic E-state index is 12.0. The third-order valence-corrected chi connectivity index (χ3v) is 18.0. The minimum atomic E-state index is -2.86. The first-order chi connectivity index (χ1) is 23.0. The standard InChI is InChI=1S/C41H63N3O4S/c1-37(2)30(28-8-10-29(11-9-28)36(45)46)14-17-38(3)33(37)16-18-40(5)34(38)13-12-31-35-32(43(6)7)15-19-41(35,21-20-39(31,40)4)42-22-23-44-24-26-49(47,48)27-25-44/h8-11,14,31-35,42H,12-13,15-27H2,1-7H3,(H,45,46)/t31-,32-,33+,34-,35+,38+,39-,40-,41+/m1/s1. The molecule has 5 fully saturated rings. The van der Waals surface area contributed by atoms with Crippen molar-refractivity contribution in [3.63, 3.8) is 0 Å². The van der Waals surface area contributed by atoms with Gasteiger partial charge in [0.05, 0.1) is 17.1 Å². The van der Waals surface area contributed by atoms with Crippen molar-refractivity contribution < 1.29 is 18.3 Å². The molecule has 1 saturated heterocycles. The van der Waals surface area contributed by atoms with Gasteiger partial charge in [-0.2, -0.15) is 0 Å². The molecule has 0 aromatic heterocycles. The van der Waals surface area contributed by atoms with Crippen LogP contribution in [0.2, 0.25) is 0 Å². The number of benzene rings is 1. The van der Waals surface area contributed by atoms with Crippen LogP contribution in [0.4, 0.5) is 0 Å². The minimum Gasteiger partial charge on any atom is -0.478 e. The molecule has 9 atom stereocenters. The Morgan fingerprint density at radius 1 is 0.898 bits per heavy atom. The largest absolute Gasteiger partial charge is 0.478 e. The van der Waals surface area contributed by atoms with Crippen LogP contribution >= 0.6 is 0 Å². The highest BCUT2D eigenvalue weighted by Gasteiger charge is 2.70. The number of fused-ring (bicyclic) bond motifs is 7. The van der Waals surface area contributed by atoms with Gasteiger partial charge in [-0.05, 0) is 140 Å². The van der Waals surface area contributed by atoms with Crippen LogP contribution in [0.1, 0.15) is 108 Å². The Morgan fingerprint density at radius 2 is 1.59 bits per heavy atom. The third-order valence-electron chi connectivity index (χ3n) is 16.4. The Bertz CT molecular complexity index is 1570. The lowest BCUT2D eigenvalue weighted by atomic mass is 9.33. The molecule has 0 amide bonds. The predicted octanol–water partition coefficient (Wildman–Crippen LogP) is 6.85. The zero-order valence-corrected chi connectivity index (χ0v) is 32.2. The van der Waals surface area contributed by atoms with Gasteiger partial charge in [-0.25, -0.2) is 13.2 Å². The molecule has 8 heteroatoms. The normalized spacial score (nSPS) is 42.8. The molecule has 5 aliphatic carbocycles. The Morgan fingerprint density at radius 3 is 2.24 bits per heavy atom. The second-order valence-corrected chi connectivity index (χ2v) is 21.1. The highest BCUT2D eigenvalue weighted by atomic mass is 32.2. The summed E-state index contributed by atoms with van der Waals surface area (Å²) in [5.74, 6) is 2.34. The zero-order chi connectivity index (χ0) is 35.2. The number of rotatable bonds is 7. The van der Waals surface area contributed by atoms with E-state index in [1.54, 1.807) is 12.1 Å². The molecule has 272 valence electrons. The Kier molecular flexibility index (Phi) is 8.85. The van der Waals surface area contributed by atoms with Crippen molar-refractivity contribution >= 4 is 21.4 Å². The summed E-state index contributed by atoms with van der Waals surface area (Å²) in [6, 6.07) is 8.19. The second-order valence-electron chi connectivity index (χ2n) is 18.8. The predicted molar refractivity (Wildman–Crippen MR) is 198 cm³/mol. The van der Waals surface area contributed by atoms with E-state index in [-0.39, 0.29) is 21.8 Å². The first kappa shape index (κ1) is 35.7. The summed E-state index contributed by atoms with van der Waals surface area (Å²) < 4.78 is 24.0. The molecular formula is C41H63N3O4S. The molecular weight excluding hydrogens is 631 g/mol. The zero-order valence-electron chi connectivity index (χ0n) is 31.4. The number of nitrogens with one attached hydrogen (secondary N) is 1. The average molecular weight is 694 g/mol. The number of allylic oxidation sites excluding steroid dienone is 2. The number of sulfone groups is 1. The van der Waals surface area contributed by atoms with Gasteiger partial charge in [0.1, 0.15) is 0 Å². The number of hydrogen-bond acceptors (Lipinski definition) is 6. The van der Waals surface area contributed by atoms with E-state index in [1.165, 1.54) is 62.5 Å². The maximum atomic E-state index is 12.0. The van der Waals surface area contributed by atoms with Crippen LogP contribution in [0.5, 0.6) is 0 Å². The second kappa shape index (κ2) is 12.2. The van der Waals surface area contributed by atoms with E-state index >= 15 is 0 Å². The van der Waals surface area contributed by atoms with Gasteiger partial charge in [0.15, 0.2) is 9.84 Å². The van der Waals surface area contributed by atoms with E-state index in [0.717, 1.165) is 19.5 Å². The molecule has 0 radical (unpaired) electrons. The highest BCUT2D eigenvalue weighted by Crippen LogP contribution is 2.76. The number of hydrogen-bond donors (Lipinski definition) is 2. The highest BCUT2D eigenvalue weighted by molar-refractivity contribution is 7.91. The van der Waals surface area contributed by atoms with Crippen LogP contribution in [0.3, 0.4) is 0 Å². The summed E-state index contributed by atoms with van der Waals surface area (Å²) >= 11 is 0. The Balaban J connectivity index is 1.14. The number of carbonyl (C=O) groups is 1. The van der Waals surface area contributed by atoms with Crippen molar-refractivity contribution in [1.82, 2.24) is 15.1 Å². The molecule has 0 bridgehead atoms. The fraction of sp³-hybridized carbons (Fsp3) is 0.780. The van der Waals surface area contributed by atoms with E-state index in [0.29, 0.717) is 65.3 Å². The molecule has 1 aromatic carbocycles. The van der Waals surface area contributed by atoms with E-state index in [9.17, 15) is 18.3 Å². The molecule has 7 rings (SSSR count). The molecule has 4 saturated carbocycles. The SMILES string of the molecule is CN(C)[C@@H]1CC[C@]2(NCCN3CCS(=O)(=O)CC3)CC[C@]3(C)[C@H](CC[C@@H]4[C@@]5(C)CC=C(c6ccc(C(=O)O)cc6)C(C)(C)[C@@H]5CC[C@]43C)[C@@H]12. The number of aromatic carboxylic acids is 1. The summed E-state index contributed by atoms with van der Waals surface area (Å²) in [5.41, 5.74) is 3.94. The molecule has 6 aliphatic rings. The number of carboxylic acids is 1. The van der Waals surface area contributed by atoms with Crippen LogP contribution in [-0.2, 0) is 9.84 Å². The molecule has 1 aliphatic heterocycles. The molecule has 1 heterocycles. The lowest BCUT2D eigenvalue weighted by molar-refractivity contribution is -0.220. The molecule has 2 N–H and O–H groups in total. The van der Waals surface area contributed by atoms with Crippen molar-refractivity contribution in [3.8, 4) is 0 Å². The average Bonchev–Trinajstić information content (AvgIpc) is 3.42. The van der Waals surface area contributed by atoms with Gasteiger partial charge in [0.2, 0.25) is 0 Å². The number of nitrogens with zero attached hydrogens (tertiary/aromatic N) is 2. The van der Waals surface area contributed by atoms with Crippen LogP contribution in [0, 0.1) is 45.3 Å². The van der Waals surface area contributed by atoms with E-state index in [4.69, 9.17) is 0 Å². The van der Waals surface area contributed by atoms with Gasteiger partial charge >= 0.3 is 5.97 Å². The lowest BCUT2D eigenvalue weighted by Gasteiger charge is -2.72. The van der Waals surface area contributed by atoms with Gasteiger partial charge in [0.25, 0.3) is 0 Å². The quantitative estimate of drug-likeness (QED) is 0.323. The van der Waals surface area contributed by atoms with Crippen molar-refractivity contribution in [3.05, 3.63) is 41.5 Å².